The average Bonchev–Trinajstić information content (AvgIpc) is 3.18. The van der Waals surface area contributed by atoms with Gasteiger partial charge in [-0.05, 0) is 58.5 Å². The molecule has 0 bridgehead atoms. The largest absolute Gasteiger partial charge is 0.467 e. The second-order valence-electron chi connectivity index (χ2n) is 4.62. The Labute approximate surface area is 118 Å². The van der Waals surface area contributed by atoms with Gasteiger partial charge in [0.25, 0.3) is 0 Å². The van der Waals surface area contributed by atoms with Gasteiger partial charge in [-0.25, -0.2) is 4.39 Å². The summed E-state index contributed by atoms with van der Waals surface area (Å²) in [5.74, 6) is 0.963. The fraction of sp³-hybridized carbons (Fsp3) is 0.0714. The lowest BCUT2D eigenvalue weighted by atomic mass is 10.1. The summed E-state index contributed by atoms with van der Waals surface area (Å²) in [4.78, 5) is 0. The van der Waals surface area contributed by atoms with Gasteiger partial charge in [0.05, 0.1) is 6.26 Å². The van der Waals surface area contributed by atoms with E-state index >= 15 is 0 Å². The maximum absolute atomic E-state index is 13.1. The Morgan fingerprint density at radius 2 is 2.05 bits per heavy atom. The van der Waals surface area contributed by atoms with Crippen LogP contribution in [0.15, 0.2) is 53.2 Å². The van der Waals surface area contributed by atoms with Crippen molar-refractivity contribution in [2.24, 2.45) is 0 Å². The maximum Gasteiger partial charge on any atom is 0.248 e. The highest BCUT2D eigenvalue weighted by Gasteiger charge is 2.25. The summed E-state index contributed by atoms with van der Waals surface area (Å²) >= 11 is 0. The molecule has 0 unspecified atom stereocenters. The van der Waals surface area contributed by atoms with Crippen molar-refractivity contribution in [2.45, 2.75) is 6.04 Å². The van der Waals surface area contributed by atoms with Crippen LogP contribution in [0.4, 0.5) is 10.3 Å². The molecule has 1 aromatic carbocycles. The quantitative estimate of drug-likeness (QED) is 0.782. The highest BCUT2D eigenvalue weighted by Crippen LogP contribution is 2.31. The van der Waals surface area contributed by atoms with Gasteiger partial charge in [-0.2, -0.15) is 4.68 Å². The molecule has 3 heterocycles. The van der Waals surface area contributed by atoms with Crippen LogP contribution < -0.4 is 5.32 Å². The van der Waals surface area contributed by atoms with Gasteiger partial charge in [0.15, 0.2) is 0 Å². The summed E-state index contributed by atoms with van der Waals surface area (Å²) in [6, 6.07) is 9.66. The zero-order valence-electron chi connectivity index (χ0n) is 10.8. The molecule has 1 N–H and O–H groups in total. The van der Waals surface area contributed by atoms with Crippen molar-refractivity contribution in [3.8, 4) is 0 Å². The fourth-order valence-corrected chi connectivity index (χ4v) is 2.31. The van der Waals surface area contributed by atoms with E-state index in [-0.39, 0.29) is 11.9 Å². The summed E-state index contributed by atoms with van der Waals surface area (Å²) < 4.78 is 20.1. The van der Waals surface area contributed by atoms with Gasteiger partial charge in [-0.15, -0.1) is 0 Å². The Morgan fingerprint density at radius 1 is 1.19 bits per heavy atom. The van der Waals surface area contributed by atoms with E-state index in [1.807, 2.05) is 18.2 Å². The Morgan fingerprint density at radius 3 is 2.81 bits per heavy atom. The molecule has 104 valence electrons. The van der Waals surface area contributed by atoms with Crippen molar-refractivity contribution in [3.63, 3.8) is 0 Å². The summed E-state index contributed by atoms with van der Waals surface area (Å²) in [7, 11) is 0. The minimum atomic E-state index is -0.275. The first-order valence-electron chi connectivity index (χ1n) is 6.37. The second kappa shape index (κ2) is 4.55. The van der Waals surface area contributed by atoms with E-state index in [9.17, 15) is 4.39 Å². The molecule has 0 aliphatic carbocycles. The number of hydrogen-bond acceptors (Lipinski definition) is 5. The molecular formula is C14H10FN5O. The molecule has 7 heteroatoms. The van der Waals surface area contributed by atoms with Crippen LogP contribution in [0.2, 0.25) is 0 Å². The number of furan rings is 1. The van der Waals surface area contributed by atoms with Crippen LogP contribution in [0.3, 0.4) is 0 Å². The Balaban J connectivity index is 1.80. The Hall–Kier alpha value is -2.96. The van der Waals surface area contributed by atoms with Crippen molar-refractivity contribution in [1.29, 1.82) is 0 Å². The fourth-order valence-electron chi connectivity index (χ4n) is 2.31. The van der Waals surface area contributed by atoms with Gasteiger partial charge in [0.2, 0.25) is 5.95 Å². The number of benzene rings is 1. The normalized spacial score (nSPS) is 17.0. The molecule has 1 aliphatic rings. The molecule has 0 radical (unpaired) electrons. The highest BCUT2D eigenvalue weighted by atomic mass is 19.1. The molecule has 4 rings (SSSR count). The maximum atomic E-state index is 13.1. The van der Waals surface area contributed by atoms with Crippen molar-refractivity contribution < 1.29 is 8.81 Å². The number of nitrogens with one attached hydrogen (secondary N) is 1. The monoisotopic (exact) mass is 283 g/mol. The zero-order chi connectivity index (χ0) is 14.2. The Kier molecular flexibility index (Phi) is 2.56. The number of anilines is 1. The van der Waals surface area contributed by atoms with Gasteiger partial charge in [-0.1, -0.05) is 5.10 Å². The van der Waals surface area contributed by atoms with Crippen LogP contribution in [0.1, 0.15) is 17.4 Å². The second-order valence-corrected chi connectivity index (χ2v) is 4.62. The summed E-state index contributed by atoms with van der Waals surface area (Å²) in [5, 5.41) is 14.7. The first kappa shape index (κ1) is 11.8. The number of allylic oxidation sites excluding steroid dienone is 1. The van der Waals surface area contributed by atoms with E-state index < -0.39 is 0 Å². The van der Waals surface area contributed by atoms with Crippen molar-refractivity contribution in [2.75, 3.05) is 5.32 Å². The predicted molar refractivity (Wildman–Crippen MR) is 72.7 cm³/mol. The van der Waals surface area contributed by atoms with E-state index in [1.54, 1.807) is 23.1 Å². The number of rotatable bonds is 2. The standard InChI is InChI=1S/C14H10FN5O/c15-10-5-3-9(4-6-10)11-8-12(13-2-1-7-21-13)20-14(16-11)17-18-19-20/h1-8,12H,(H,16,17,19)/t12-/m1/s1. The van der Waals surface area contributed by atoms with Gasteiger partial charge in [0.1, 0.15) is 17.6 Å². The lowest BCUT2D eigenvalue weighted by Crippen LogP contribution is -2.19. The number of hydrogen-bond donors (Lipinski definition) is 1. The van der Waals surface area contributed by atoms with Gasteiger partial charge in [0, 0.05) is 5.70 Å². The summed E-state index contributed by atoms with van der Waals surface area (Å²) in [6.07, 6.45) is 3.54. The predicted octanol–water partition coefficient (Wildman–Crippen LogP) is 2.46. The molecule has 0 spiro atoms. The number of halogens is 1. The van der Waals surface area contributed by atoms with Gasteiger partial charge >= 0.3 is 0 Å². The average molecular weight is 283 g/mol. The van der Waals surface area contributed by atoms with Crippen LogP contribution >= 0.6 is 0 Å². The third kappa shape index (κ3) is 1.99. The van der Waals surface area contributed by atoms with Crippen LogP contribution in [0.25, 0.3) is 5.70 Å². The summed E-state index contributed by atoms with van der Waals surface area (Å²) in [5.41, 5.74) is 1.65. The lowest BCUT2D eigenvalue weighted by molar-refractivity contribution is 0.443. The molecule has 21 heavy (non-hydrogen) atoms. The van der Waals surface area contributed by atoms with Crippen molar-refractivity contribution in [3.05, 3.63) is 65.9 Å². The SMILES string of the molecule is Fc1ccc(C2=C[C@H](c3ccco3)n3nnnc3N2)cc1. The van der Waals surface area contributed by atoms with Crippen LogP contribution in [-0.2, 0) is 0 Å². The van der Waals surface area contributed by atoms with Gasteiger partial charge in [-0.3, -0.25) is 0 Å². The number of nitrogens with zero attached hydrogens (tertiary/aromatic N) is 4. The van der Waals surface area contributed by atoms with Gasteiger partial charge < -0.3 is 9.73 Å². The molecule has 0 fully saturated rings. The van der Waals surface area contributed by atoms with Crippen LogP contribution in [-0.4, -0.2) is 20.2 Å². The first-order valence-corrected chi connectivity index (χ1v) is 6.37. The molecule has 1 aliphatic heterocycles. The van der Waals surface area contributed by atoms with E-state index in [2.05, 4.69) is 20.8 Å². The number of aromatic nitrogens is 4. The van der Waals surface area contributed by atoms with E-state index in [4.69, 9.17) is 4.42 Å². The molecule has 6 nitrogen and oxygen atoms in total. The van der Waals surface area contributed by atoms with Crippen LogP contribution in [0.5, 0.6) is 0 Å². The minimum Gasteiger partial charge on any atom is -0.467 e. The molecule has 0 saturated heterocycles. The highest BCUT2D eigenvalue weighted by molar-refractivity contribution is 5.76. The molecule has 3 aromatic rings. The summed E-state index contributed by atoms with van der Waals surface area (Å²) in [6.45, 7) is 0. The third-order valence-corrected chi connectivity index (χ3v) is 3.32. The van der Waals surface area contributed by atoms with E-state index in [0.717, 1.165) is 17.0 Å². The lowest BCUT2D eigenvalue weighted by Gasteiger charge is -2.21. The number of fused-ring (bicyclic) bond motifs is 1. The van der Waals surface area contributed by atoms with E-state index in [0.29, 0.717) is 5.95 Å². The first-order chi connectivity index (χ1) is 10.3. The smallest absolute Gasteiger partial charge is 0.248 e. The van der Waals surface area contributed by atoms with Crippen molar-refractivity contribution >= 4 is 11.6 Å². The van der Waals surface area contributed by atoms with Crippen molar-refractivity contribution in [1.82, 2.24) is 20.2 Å². The topological polar surface area (TPSA) is 68.8 Å². The van der Waals surface area contributed by atoms with Crippen LogP contribution in [0, 0.1) is 5.82 Å². The molecule has 2 aromatic heterocycles. The molecule has 0 saturated carbocycles. The molecule has 1 atom stereocenters. The zero-order valence-corrected chi connectivity index (χ0v) is 10.8. The Bertz CT molecular complexity index is 791. The van der Waals surface area contributed by atoms with E-state index in [1.165, 1.54) is 12.1 Å². The number of tetrazole rings is 1. The minimum absolute atomic E-state index is 0.244. The third-order valence-electron chi connectivity index (χ3n) is 3.32. The molecular weight excluding hydrogens is 273 g/mol. The molecule has 0 amide bonds.